The Labute approximate surface area is 72.5 Å². The summed E-state index contributed by atoms with van der Waals surface area (Å²) in [4.78, 5) is 12.6. The molecule has 0 bridgehead atoms. The molecule has 1 aliphatic rings. The summed E-state index contributed by atoms with van der Waals surface area (Å²) < 4.78 is 22.6. The maximum atomic E-state index is 11.3. The van der Waals surface area contributed by atoms with Crippen LogP contribution in [-0.2, 0) is 14.6 Å². The maximum Gasteiger partial charge on any atom is 0.237 e. The van der Waals surface area contributed by atoms with Gasteiger partial charge in [-0.25, -0.2) is 8.42 Å². The first kappa shape index (κ1) is 9.51. The smallest absolute Gasteiger partial charge is 0.237 e. The van der Waals surface area contributed by atoms with E-state index in [0.717, 1.165) is 0 Å². The highest BCUT2D eigenvalue weighted by Crippen LogP contribution is 2.18. The molecule has 1 amide bonds. The minimum absolute atomic E-state index is 0.212. The quantitative estimate of drug-likeness (QED) is 0.526. The second-order valence-electron chi connectivity index (χ2n) is 3.26. The van der Waals surface area contributed by atoms with Crippen LogP contribution in [0.1, 0.15) is 13.8 Å². The zero-order chi connectivity index (χ0) is 9.52. The average molecular weight is 191 g/mol. The molecule has 1 saturated heterocycles. The third-order valence-electron chi connectivity index (χ3n) is 2.57. The summed E-state index contributed by atoms with van der Waals surface area (Å²) in [6.45, 7) is 3.39. The molecule has 1 rings (SSSR count). The Bertz CT molecular complexity index is 296. The number of nitrogens with zero attached hydrogens (tertiary/aromatic N) is 1. The van der Waals surface area contributed by atoms with Crippen LogP contribution < -0.4 is 0 Å². The van der Waals surface area contributed by atoms with Crippen LogP contribution in [0, 0.1) is 0 Å². The van der Waals surface area contributed by atoms with Gasteiger partial charge in [-0.05, 0) is 13.8 Å². The van der Waals surface area contributed by atoms with Crippen LogP contribution in [0.4, 0.5) is 0 Å². The van der Waals surface area contributed by atoms with Gasteiger partial charge in [0.05, 0.1) is 5.25 Å². The standard InChI is InChI=1S/C7H13NO3S/c1-5-6(2)12(10,11)4-7(9)8(5)3/h5-6H,4H2,1-3H3/t5-,6+/m0/s1. The molecule has 70 valence electrons. The molecule has 0 aromatic rings. The van der Waals surface area contributed by atoms with Crippen LogP contribution in [-0.4, -0.2) is 43.3 Å². The fourth-order valence-electron chi connectivity index (χ4n) is 1.25. The Hall–Kier alpha value is -0.580. The van der Waals surface area contributed by atoms with E-state index in [9.17, 15) is 13.2 Å². The molecular weight excluding hydrogens is 178 g/mol. The first-order chi connectivity index (χ1) is 5.36. The Kier molecular flexibility index (Phi) is 2.16. The lowest BCUT2D eigenvalue weighted by Gasteiger charge is -2.34. The van der Waals surface area contributed by atoms with Crippen molar-refractivity contribution in [2.24, 2.45) is 0 Å². The van der Waals surface area contributed by atoms with Crippen molar-refractivity contribution in [3.63, 3.8) is 0 Å². The number of hydrogen-bond acceptors (Lipinski definition) is 3. The number of rotatable bonds is 0. The van der Waals surface area contributed by atoms with E-state index in [-0.39, 0.29) is 17.7 Å². The molecule has 1 heterocycles. The predicted octanol–water partition coefficient (Wildman–Crippen LogP) is -0.350. The second-order valence-corrected chi connectivity index (χ2v) is 5.62. The minimum atomic E-state index is -3.18. The van der Waals surface area contributed by atoms with Gasteiger partial charge in [0.15, 0.2) is 9.84 Å². The lowest BCUT2D eigenvalue weighted by molar-refractivity contribution is -0.129. The Morgan fingerprint density at radius 3 is 2.42 bits per heavy atom. The highest BCUT2D eigenvalue weighted by molar-refractivity contribution is 7.92. The maximum absolute atomic E-state index is 11.3. The lowest BCUT2D eigenvalue weighted by Crippen LogP contribution is -2.53. The van der Waals surface area contributed by atoms with Crippen LogP contribution in [0.3, 0.4) is 0 Å². The van der Waals surface area contributed by atoms with E-state index >= 15 is 0 Å². The van der Waals surface area contributed by atoms with E-state index in [0.29, 0.717) is 0 Å². The lowest BCUT2D eigenvalue weighted by atomic mass is 10.2. The molecule has 5 heteroatoms. The molecule has 0 radical (unpaired) electrons. The second kappa shape index (κ2) is 2.73. The van der Waals surface area contributed by atoms with Gasteiger partial charge in [0.1, 0.15) is 5.75 Å². The van der Waals surface area contributed by atoms with Crippen LogP contribution in [0.5, 0.6) is 0 Å². The van der Waals surface area contributed by atoms with Crippen molar-refractivity contribution < 1.29 is 13.2 Å². The monoisotopic (exact) mass is 191 g/mol. The van der Waals surface area contributed by atoms with E-state index in [1.54, 1.807) is 20.9 Å². The fourth-order valence-corrected chi connectivity index (χ4v) is 2.84. The Morgan fingerprint density at radius 2 is 1.92 bits per heavy atom. The van der Waals surface area contributed by atoms with Gasteiger partial charge >= 0.3 is 0 Å². The van der Waals surface area contributed by atoms with E-state index in [4.69, 9.17) is 0 Å². The van der Waals surface area contributed by atoms with Gasteiger partial charge < -0.3 is 4.90 Å². The topological polar surface area (TPSA) is 54.5 Å². The van der Waals surface area contributed by atoms with Crippen molar-refractivity contribution in [2.75, 3.05) is 12.8 Å². The summed E-state index contributed by atoms with van der Waals surface area (Å²) in [6, 6.07) is -0.212. The summed E-state index contributed by atoms with van der Waals surface area (Å²) in [5.41, 5.74) is 0. The van der Waals surface area contributed by atoms with E-state index in [1.807, 2.05) is 0 Å². The van der Waals surface area contributed by atoms with Gasteiger partial charge in [0.25, 0.3) is 0 Å². The minimum Gasteiger partial charge on any atom is -0.341 e. The van der Waals surface area contributed by atoms with Crippen LogP contribution >= 0.6 is 0 Å². The first-order valence-electron chi connectivity index (χ1n) is 3.83. The summed E-state index contributed by atoms with van der Waals surface area (Å²) >= 11 is 0. The number of carbonyl (C=O) groups excluding carboxylic acids is 1. The Balaban J connectivity index is 3.01. The van der Waals surface area contributed by atoms with Crippen LogP contribution in [0.25, 0.3) is 0 Å². The summed E-state index contributed by atoms with van der Waals surface area (Å²) in [6.07, 6.45) is 0. The SMILES string of the molecule is C[C@@H]1[C@H](C)N(C)C(=O)CS1(=O)=O. The molecule has 1 aliphatic heterocycles. The molecule has 0 aromatic heterocycles. The van der Waals surface area contributed by atoms with Crippen molar-refractivity contribution >= 4 is 15.7 Å². The van der Waals surface area contributed by atoms with Crippen LogP contribution in [0.2, 0.25) is 0 Å². The van der Waals surface area contributed by atoms with Gasteiger partial charge in [-0.3, -0.25) is 4.79 Å². The normalized spacial score (nSPS) is 35.2. The van der Waals surface area contributed by atoms with Gasteiger partial charge in [-0.15, -0.1) is 0 Å². The molecule has 4 nitrogen and oxygen atoms in total. The molecule has 0 saturated carbocycles. The molecule has 0 N–H and O–H groups in total. The molecule has 0 aliphatic carbocycles. The summed E-state index contributed by atoms with van der Waals surface area (Å²) in [5.74, 6) is -0.643. The third kappa shape index (κ3) is 1.33. The van der Waals surface area contributed by atoms with E-state index in [1.165, 1.54) is 4.90 Å². The van der Waals surface area contributed by atoms with Crippen molar-refractivity contribution in [1.29, 1.82) is 0 Å². The zero-order valence-corrected chi connectivity index (χ0v) is 8.26. The zero-order valence-electron chi connectivity index (χ0n) is 7.44. The average Bonchev–Trinajstić information content (AvgIpc) is 1.97. The number of carbonyl (C=O) groups is 1. The van der Waals surface area contributed by atoms with Crippen LogP contribution in [0.15, 0.2) is 0 Å². The summed E-state index contributed by atoms with van der Waals surface area (Å²) in [7, 11) is -1.55. The van der Waals surface area contributed by atoms with E-state index in [2.05, 4.69) is 0 Å². The predicted molar refractivity (Wildman–Crippen MR) is 45.5 cm³/mol. The highest BCUT2D eigenvalue weighted by atomic mass is 32.2. The largest absolute Gasteiger partial charge is 0.341 e. The molecule has 1 fully saturated rings. The van der Waals surface area contributed by atoms with Gasteiger partial charge in [0, 0.05) is 13.1 Å². The summed E-state index contributed by atoms with van der Waals surface area (Å²) in [5, 5.41) is -0.444. The first-order valence-corrected chi connectivity index (χ1v) is 5.55. The van der Waals surface area contributed by atoms with Crippen molar-refractivity contribution in [1.82, 2.24) is 4.90 Å². The third-order valence-corrected chi connectivity index (χ3v) is 4.75. The van der Waals surface area contributed by atoms with Crippen molar-refractivity contribution in [3.05, 3.63) is 0 Å². The van der Waals surface area contributed by atoms with Gasteiger partial charge in [0.2, 0.25) is 5.91 Å². The molecule has 12 heavy (non-hydrogen) atoms. The fraction of sp³-hybridized carbons (Fsp3) is 0.857. The molecule has 2 atom stereocenters. The molecule has 0 aromatic carbocycles. The highest BCUT2D eigenvalue weighted by Gasteiger charge is 2.38. The molecule has 0 spiro atoms. The van der Waals surface area contributed by atoms with Gasteiger partial charge in [-0.1, -0.05) is 0 Å². The number of amides is 1. The number of hydrogen-bond donors (Lipinski definition) is 0. The van der Waals surface area contributed by atoms with Crippen molar-refractivity contribution in [3.8, 4) is 0 Å². The number of sulfone groups is 1. The van der Waals surface area contributed by atoms with Gasteiger partial charge in [-0.2, -0.15) is 0 Å². The Morgan fingerprint density at radius 1 is 1.42 bits per heavy atom. The molecular formula is C7H13NO3S. The van der Waals surface area contributed by atoms with E-state index < -0.39 is 15.1 Å². The van der Waals surface area contributed by atoms with Crippen molar-refractivity contribution in [2.45, 2.75) is 25.1 Å². The molecule has 0 unspecified atom stereocenters.